The number of carbonyl (C=O) groups excluding carboxylic acids is 2. The van der Waals surface area contributed by atoms with E-state index in [9.17, 15) is 9.59 Å². The molecule has 8 heteroatoms. The molecule has 2 heterocycles. The number of urea groups is 1. The summed E-state index contributed by atoms with van der Waals surface area (Å²) < 4.78 is 6.70. The van der Waals surface area contributed by atoms with Gasteiger partial charge in [0, 0.05) is 45.9 Å². The molecule has 1 atom stereocenters. The van der Waals surface area contributed by atoms with Crippen molar-refractivity contribution in [3.63, 3.8) is 0 Å². The summed E-state index contributed by atoms with van der Waals surface area (Å²) in [6.45, 7) is 3.76. The molecule has 0 aromatic carbocycles. The van der Waals surface area contributed by atoms with E-state index >= 15 is 0 Å². The first-order valence-electron chi connectivity index (χ1n) is 6.94. The van der Waals surface area contributed by atoms with Crippen LogP contribution in [0.15, 0.2) is 12.3 Å². The number of nitrogens with zero attached hydrogens (tertiary/aromatic N) is 3. The fourth-order valence-electron chi connectivity index (χ4n) is 2.30. The number of amides is 3. The second-order valence-corrected chi connectivity index (χ2v) is 4.98. The maximum Gasteiger partial charge on any atom is 0.317 e. The third-order valence-corrected chi connectivity index (χ3v) is 3.32. The van der Waals surface area contributed by atoms with Gasteiger partial charge in [-0.15, -0.1) is 0 Å². The fourth-order valence-corrected chi connectivity index (χ4v) is 2.30. The quantitative estimate of drug-likeness (QED) is 0.772. The second kappa shape index (κ2) is 7.07. The van der Waals surface area contributed by atoms with E-state index in [1.807, 2.05) is 6.20 Å². The molecule has 0 aliphatic carbocycles. The Morgan fingerprint density at radius 3 is 3.05 bits per heavy atom. The van der Waals surface area contributed by atoms with Crippen molar-refractivity contribution >= 4 is 17.8 Å². The van der Waals surface area contributed by atoms with Crippen LogP contribution < -0.4 is 10.6 Å². The minimum atomic E-state index is -0.147. The van der Waals surface area contributed by atoms with Crippen LogP contribution in [0, 0.1) is 0 Å². The first kappa shape index (κ1) is 15.3. The van der Waals surface area contributed by atoms with Crippen molar-refractivity contribution in [3.05, 3.63) is 12.3 Å². The summed E-state index contributed by atoms with van der Waals surface area (Å²) in [5.41, 5.74) is 0. The summed E-state index contributed by atoms with van der Waals surface area (Å²) >= 11 is 0. The fraction of sp³-hybridized carbons (Fsp3) is 0.615. The average Bonchev–Trinajstić information content (AvgIpc) is 3.06. The van der Waals surface area contributed by atoms with Gasteiger partial charge in [-0.25, -0.2) is 4.79 Å². The molecule has 8 nitrogen and oxygen atoms in total. The number of methoxy groups -OCH3 is 1. The lowest BCUT2D eigenvalue weighted by atomic mass is 10.3. The predicted octanol–water partition coefficient (Wildman–Crippen LogP) is 0.444. The second-order valence-electron chi connectivity index (χ2n) is 4.98. The number of rotatable bonds is 5. The highest BCUT2D eigenvalue weighted by Gasteiger charge is 2.27. The molecular formula is C13H21N5O3. The van der Waals surface area contributed by atoms with Crippen LogP contribution in [0.3, 0.4) is 0 Å². The van der Waals surface area contributed by atoms with E-state index in [2.05, 4.69) is 15.7 Å². The Kier molecular flexibility index (Phi) is 5.15. The summed E-state index contributed by atoms with van der Waals surface area (Å²) in [5.74, 6) is 0.385. The minimum absolute atomic E-state index is 0.0798. The lowest BCUT2D eigenvalue weighted by Gasteiger charge is -2.17. The Morgan fingerprint density at radius 2 is 2.33 bits per heavy atom. The van der Waals surface area contributed by atoms with Crippen molar-refractivity contribution in [3.8, 4) is 0 Å². The molecule has 0 radical (unpaired) electrons. The molecule has 1 fully saturated rings. The Morgan fingerprint density at radius 1 is 1.52 bits per heavy atom. The molecule has 21 heavy (non-hydrogen) atoms. The first-order chi connectivity index (χ1) is 10.1. The van der Waals surface area contributed by atoms with E-state index in [1.165, 1.54) is 6.92 Å². The molecule has 1 aliphatic rings. The van der Waals surface area contributed by atoms with Gasteiger partial charge in [0.15, 0.2) is 5.82 Å². The number of ether oxygens (including phenoxy) is 1. The number of hydrogen-bond acceptors (Lipinski definition) is 4. The Bertz CT molecular complexity index is 502. The Labute approximate surface area is 123 Å². The van der Waals surface area contributed by atoms with Crippen LogP contribution >= 0.6 is 0 Å². The number of hydrogen-bond donors (Lipinski definition) is 2. The summed E-state index contributed by atoms with van der Waals surface area (Å²) in [6.07, 6.45) is 2.67. The third-order valence-electron chi connectivity index (χ3n) is 3.32. The van der Waals surface area contributed by atoms with Gasteiger partial charge in [-0.05, 0) is 6.42 Å². The average molecular weight is 295 g/mol. The molecule has 2 rings (SSSR count). The molecule has 2 N–H and O–H groups in total. The van der Waals surface area contributed by atoms with E-state index in [0.717, 1.165) is 6.42 Å². The number of anilines is 1. The zero-order chi connectivity index (χ0) is 15.2. The SMILES string of the molecule is COCCNC(=O)N1CC[C@H](n2ccc(NC(C)=O)n2)C1. The molecule has 0 bridgehead atoms. The van der Waals surface area contributed by atoms with Crippen LogP contribution in [0.5, 0.6) is 0 Å². The van der Waals surface area contributed by atoms with Gasteiger partial charge in [0.2, 0.25) is 5.91 Å². The maximum atomic E-state index is 11.9. The number of carbonyl (C=O) groups is 2. The standard InChI is InChI=1S/C13H21N5O3/c1-10(19)15-12-4-7-18(16-12)11-3-6-17(9-11)13(20)14-5-8-21-2/h4,7,11H,3,5-6,8-9H2,1-2H3,(H,14,20)(H,15,16,19)/t11-/m0/s1. The smallest absolute Gasteiger partial charge is 0.317 e. The zero-order valence-corrected chi connectivity index (χ0v) is 12.3. The lowest BCUT2D eigenvalue weighted by Crippen LogP contribution is -2.40. The molecule has 0 spiro atoms. The van der Waals surface area contributed by atoms with Crippen molar-refractivity contribution in [2.24, 2.45) is 0 Å². The maximum absolute atomic E-state index is 11.9. The highest BCUT2D eigenvalue weighted by atomic mass is 16.5. The Hall–Kier alpha value is -2.09. The van der Waals surface area contributed by atoms with Crippen LogP contribution in [-0.4, -0.2) is 60.0 Å². The predicted molar refractivity (Wildman–Crippen MR) is 77.0 cm³/mol. The first-order valence-corrected chi connectivity index (χ1v) is 6.94. The number of nitrogens with one attached hydrogen (secondary N) is 2. The van der Waals surface area contributed by atoms with Crippen LogP contribution in [0.4, 0.5) is 10.6 Å². The summed E-state index contributed by atoms with van der Waals surface area (Å²) in [4.78, 5) is 24.7. The summed E-state index contributed by atoms with van der Waals surface area (Å²) in [7, 11) is 1.60. The van der Waals surface area contributed by atoms with Crippen LogP contribution in [-0.2, 0) is 9.53 Å². The molecule has 0 unspecified atom stereocenters. The van der Waals surface area contributed by atoms with E-state index in [1.54, 1.807) is 22.8 Å². The summed E-state index contributed by atoms with van der Waals surface area (Å²) in [6, 6.07) is 1.81. The zero-order valence-electron chi connectivity index (χ0n) is 12.3. The number of likely N-dealkylation sites (tertiary alicyclic amines) is 1. The van der Waals surface area contributed by atoms with Crippen LogP contribution in [0.1, 0.15) is 19.4 Å². The highest BCUT2D eigenvalue weighted by Crippen LogP contribution is 2.21. The molecular weight excluding hydrogens is 274 g/mol. The molecule has 1 aliphatic heterocycles. The van der Waals surface area contributed by atoms with E-state index in [4.69, 9.17) is 4.74 Å². The van der Waals surface area contributed by atoms with Crippen molar-refractivity contribution in [2.75, 3.05) is 38.7 Å². The van der Waals surface area contributed by atoms with Gasteiger partial charge in [-0.3, -0.25) is 9.48 Å². The molecule has 1 aromatic rings. The van der Waals surface area contributed by atoms with E-state index < -0.39 is 0 Å². The lowest BCUT2D eigenvalue weighted by molar-refractivity contribution is -0.114. The molecule has 3 amide bonds. The monoisotopic (exact) mass is 295 g/mol. The van der Waals surface area contributed by atoms with Crippen molar-refractivity contribution < 1.29 is 14.3 Å². The largest absolute Gasteiger partial charge is 0.383 e. The van der Waals surface area contributed by atoms with E-state index in [-0.39, 0.29) is 18.0 Å². The van der Waals surface area contributed by atoms with Gasteiger partial charge in [0.1, 0.15) is 0 Å². The van der Waals surface area contributed by atoms with Gasteiger partial charge >= 0.3 is 6.03 Å². The van der Waals surface area contributed by atoms with Crippen LogP contribution in [0.25, 0.3) is 0 Å². The van der Waals surface area contributed by atoms with Gasteiger partial charge in [0.25, 0.3) is 0 Å². The molecule has 0 saturated carbocycles. The highest BCUT2D eigenvalue weighted by molar-refractivity contribution is 5.87. The van der Waals surface area contributed by atoms with E-state index in [0.29, 0.717) is 32.1 Å². The minimum Gasteiger partial charge on any atom is -0.383 e. The molecule has 116 valence electrons. The Balaban J connectivity index is 1.85. The topological polar surface area (TPSA) is 88.5 Å². The van der Waals surface area contributed by atoms with Gasteiger partial charge in [-0.2, -0.15) is 5.10 Å². The molecule has 1 aromatic heterocycles. The van der Waals surface area contributed by atoms with Crippen molar-refractivity contribution in [2.45, 2.75) is 19.4 Å². The molecule has 1 saturated heterocycles. The van der Waals surface area contributed by atoms with Gasteiger partial charge < -0.3 is 20.3 Å². The normalized spacial score (nSPS) is 17.8. The van der Waals surface area contributed by atoms with Crippen molar-refractivity contribution in [1.82, 2.24) is 20.0 Å². The third kappa shape index (κ3) is 4.19. The van der Waals surface area contributed by atoms with Crippen LogP contribution in [0.2, 0.25) is 0 Å². The van der Waals surface area contributed by atoms with Crippen molar-refractivity contribution in [1.29, 1.82) is 0 Å². The number of aromatic nitrogens is 2. The summed E-state index contributed by atoms with van der Waals surface area (Å²) in [5, 5.41) is 9.75. The van der Waals surface area contributed by atoms with Gasteiger partial charge in [0.05, 0.1) is 12.6 Å². The van der Waals surface area contributed by atoms with Gasteiger partial charge in [-0.1, -0.05) is 0 Å².